The predicted molar refractivity (Wildman–Crippen MR) is 115 cm³/mol. The second-order valence-corrected chi connectivity index (χ2v) is 20.2. The maximum absolute atomic E-state index is 12.4. The van der Waals surface area contributed by atoms with Crippen LogP contribution in [-0.2, 0) is 18.4 Å². The van der Waals surface area contributed by atoms with Gasteiger partial charge >= 0.3 is 5.97 Å². The van der Waals surface area contributed by atoms with Crippen LogP contribution in [0, 0.1) is 11.8 Å². The van der Waals surface area contributed by atoms with E-state index in [4.69, 9.17) is 13.6 Å². The van der Waals surface area contributed by atoms with Gasteiger partial charge in [-0.3, -0.25) is 0 Å². The van der Waals surface area contributed by atoms with Crippen LogP contribution in [0.5, 0.6) is 0 Å². The topological polar surface area (TPSA) is 65.0 Å². The number of fused-ring (bicyclic) bond motifs is 3. The lowest BCUT2D eigenvalue weighted by molar-refractivity contribution is -0.154. The van der Waals surface area contributed by atoms with Gasteiger partial charge in [0.25, 0.3) is 0 Å². The summed E-state index contributed by atoms with van der Waals surface area (Å²) in [5.41, 5.74) is 0.564. The van der Waals surface area contributed by atoms with Crippen molar-refractivity contribution in [1.82, 2.24) is 0 Å². The molecule has 3 aliphatic rings. The van der Waals surface area contributed by atoms with E-state index in [1.807, 2.05) is 0 Å². The summed E-state index contributed by atoms with van der Waals surface area (Å²) in [5, 5.41) is 10.9. The summed E-state index contributed by atoms with van der Waals surface area (Å²) in [4.78, 5) is 12.4. The highest BCUT2D eigenvalue weighted by Crippen LogP contribution is 2.55. The molecule has 160 valence electrons. The Morgan fingerprint density at radius 1 is 1.11 bits per heavy atom. The summed E-state index contributed by atoms with van der Waals surface area (Å²) in [6.07, 6.45) is 2.08. The molecule has 7 heteroatoms. The molecular weight excluding hydrogens is 388 g/mol. The zero-order chi connectivity index (χ0) is 21.3. The van der Waals surface area contributed by atoms with Crippen LogP contribution in [0.4, 0.5) is 0 Å². The van der Waals surface area contributed by atoms with Crippen molar-refractivity contribution in [1.29, 1.82) is 0 Å². The number of hydrogen-bond acceptors (Lipinski definition) is 5. The second kappa shape index (κ2) is 6.77. The molecule has 2 fully saturated rings. The fraction of sp³-hybridized carbons (Fsp3) is 0.857. The summed E-state index contributed by atoms with van der Waals surface area (Å²) >= 11 is 0. The molecule has 0 unspecified atom stereocenters. The van der Waals surface area contributed by atoms with Gasteiger partial charge in [-0.25, -0.2) is 4.79 Å². The Labute approximate surface area is 172 Å². The summed E-state index contributed by atoms with van der Waals surface area (Å²) in [7, 11) is -3.53. The Hall–Kier alpha value is -0.476. The number of esters is 1. The molecule has 0 radical (unpaired) electrons. The Bertz CT molecular complexity index is 688. The van der Waals surface area contributed by atoms with Gasteiger partial charge in [0.05, 0.1) is 11.7 Å². The zero-order valence-electron chi connectivity index (χ0n) is 19.0. The molecular formula is C21H38O5Si2. The zero-order valence-corrected chi connectivity index (χ0v) is 21.0. The van der Waals surface area contributed by atoms with E-state index < -0.39 is 28.2 Å². The van der Waals surface area contributed by atoms with Crippen molar-refractivity contribution in [2.45, 2.75) is 103 Å². The van der Waals surface area contributed by atoms with Crippen LogP contribution >= 0.6 is 0 Å². The molecule has 1 heterocycles. The Morgan fingerprint density at radius 2 is 1.71 bits per heavy atom. The summed E-state index contributed by atoms with van der Waals surface area (Å²) in [6, 6.07) is 0. The highest BCUT2D eigenvalue weighted by Gasteiger charge is 2.61. The van der Waals surface area contributed by atoms with Gasteiger partial charge in [-0.05, 0) is 90.5 Å². The van der Waals surface area contributed by atoms with Crippen LogP contribution in [-0.4, -0.2) is 51.1 Å². The summed E-state index contributed by atoms with van der Waals surface area (Å²) in [5.74, 6) is -0.576. The molecule has 0 bridgehead atoms. The van der Waals surface area contributed by atoms with Crippen molar-refractivity contribution in [2.75, 3.05) is 0 Å². The maximum Gasteiger partial charge on any atom is 0.338 e. The standard InChI is InChI=1S/C21H38O5Si2/c1-13-16(25-27(4,5)6)12-15-17(13)18-14(21(3,23)19(22)24-18)10-11-20(15,2)26-28(7,8)9/h14-16,18,23H,10-12H2,1-9H3/t14-,15-,16+,18-,20-,21+/m1/s1. The van der Waals surface area contributed by atoms with E-state index in [2.05, 4.69) is 53.1 Å². The molecule has 1 saturated carbocycles. The summed E-state index contributed by atoms with van der Waals surface area (Å²) < 4.78 is 19.1. The van der Waals surface area contributed by atoms with Crippen LogP contribution in [0.2, 0.25) is 39.3 Å². The molecule has 2 aliphatic carbocycles. The van der Waals surface area contributed by atoms with Gasteiger partial charge in [0.2, 0.25) is 0 Å². The van der Waals surface area contributed by atoms with Gasteiger partial charge in [-0.1, -0.05) is 0 Å². The quantitative estimate of drug-likeness (QED) is 0.414. The third-order valence-electron chi connectivity index (χ3n) is 6.53. The van der Waals surface area contributed by atoms with E-state index in [9.17, 15) is 9.90 Å². The van der Waals surface area contributed by atoms with Gasteiger partial charge in [-0.2, -0.15) is 0 Å². The first-order valence-electron chi connectivity index (χ1n) is 10.6. The van der Waals surface area contributed by atoms with E-state index in [1.165, 1.54) is 5.57 Å². The SMILES string of the molecule is CC1=C2[C@@H](C[C@@H]1O[Si](C)(C)C)[C@](C)(O[Si](C)(C)C)CC[C@@H]1[C@H]2OC(=O)[C@@]1(C)O. The van der Waals surface area contributed by atoms with Crippen LogP contribution in [0.25, 0.3) is 0 Å². The van der Waals surface area contributed by atoms with Gasteiger partial charge in [0.1, 0.15) is 6.10 Å². The van der Waals surface area contributed by atoms with Crippen LogP contribution in [0.3, 0.4) is 0 Å². The monoisotopic (exact) mass is 426 g/mol. The number of carbonyl (C=O) groups excluding carboxylic acids is 1. The fourth-order valence-corrected chi connectivity index (χ4v) is 8.23. The Balaban J connectivity index is 2.07. The minimum atomic E-state index is -1.80. The molecule has 3 rings (SSSR count). The number of aliphatic hydroxyl groups is 1. The van der Waals surface area contributed by atoms with Gasteiger partial charge in [0, 0.05) is 11.8 Å². The Kier molecular flexibility index (Phi) is 5.37. The van der Waals surface area contributed by atoms with E-state index in [0.29, 0.717) is 0 Å². The first-order valence-corrected chi connectivity index (χ1v) is 17.4. The fourth-order valence-electron chi connectivity index (χ4n) is 5.46. The van der Waals surface area contributed by atoms with Crippen LogP contribution in [0.15, 0.2) is 11.1 Å². The predicted octanol–water partition coefficient (Wildman–Crippen LogP) is 4.24. The Morgan fingerprint density at radius 3 is 2.25 bits per heavy atom. The third kappa shape index (κ3) is 3.93. The second-order valence-electron chi connectivity index (χ2n) is 11.3. The highest BCUT2D eigenvalue weighted by atomic mass is 28.4. The molecule has 1 N–H and O–H groups in total. The van der Waals surface area contributed by atoms with Gasteiger partial charge in [-0.15, -0.1) is 0 Å². The molecule has 0 aromatic heterocycles. The van der Waals surface area contributed by atoms with Gasteiger partial charge in [0.15, 0.2) is 22.2 Å². The minimum Gasteiger partial charge on any atom is -0.455 e. The van der Waals surface area contributed by atoms with Crippen molar-refractivity contribution >= 4 is 22.6 Å². The lowest BCUT2D eigenvalue weighted by atomic mass is 9.81. The number of hydrogen-bond donors (Lipinski definition) is 1. The van der Waals surface area contributed by atoms with E-state index >= 15 is 0 Å². The van der Waals surface area contributed by atoms with Crippen LogP contribution < -0.4 is 0 Å². The van der Waals surface area contributed by atoms with E-state index in [1.54, 1.807) is 6.92 Å². The molecule has 5 nitrogen and oxygen atoms in total. The molecule has 28 heavy (non-hydrogen) atoms. The minimum absolute atomic E-state index is 0.0410. The molecule has 1 aliphatic heterocycles. The maximum atomic E-state index is 12.4. The van der Waals surface area contributed by atoms with Crippen LogP contribution in [0.1, 0.15) is 40.0 Å². The summed E-state index contributed by atoms with van der Waals surface area (Å²) in [6.45, 7) is 19.2. The molecule has 0 amide bonds. The smallest absolute Gasteiger partial charge is 0.338 e. The molecule has 1 saturated heterocycles. The largest absolute Gasteiger partial charge is 0.455 e. The normalized spacial score (nSPS) is 41.6. The van der Waals surface area contributed by atoms with E-state index in [-0.39, 0.29) is 29.6 Å². The lowest BCUT2D eigenvalue weighted by Crippen LogP contribution is -2.46. The van der Waals surface area contributed by atoms with Crippen molar-refractivity contribution in [3.63, 3.8) is 0 Å². The lowest BCUT2D eigenvalue weighted by Gasteiger charge is -2.41. The van der Waals surface area contributed by atoms with Crippen molar-refractivity contribution in [3.8, 4) is 0 Å². The highest BCUT2D eigenvalue weighted by molar-refractivity contribution is 6.70. The van der Waals surface area contributed by atoms with Gasteiger partial charge < -0.3 is 18.7 Å². The van der Waals surface area contributed by atoms with Crippen molar-refractivity contribution in [3.05, 3.63) is 11.1 Å². The number of rotatable bonds is 4. The number of ether oxygens (including phenoxy) is 1. The first-order chi connectivity index (χ1) is 12.6. The average Bonchev–Trinajstić information content (AvgIpc) is 2.85. The molecule has 0 aromatic carbocycles. The third-order valence-corrected chi connectivity index (χ3v) is 8.60. The average molecular weight is 427 g/mol. The first kappa shape index (κ1) is 22.2. The number of carbonyl (C=O) groups is 1. The van der Waals surface area contributed by atoms with Crippen molar-refractivity contribution < 1.29 is 23.5 Å². The van der Waals surface area contributed by atoms with E-state index in [0.717, 1.165) is 24.8 Å². The molecule has 6 atom stereocenters. The molecule has 0 aromatic rings. The van der Waals surface area contributed by atoms with Crippen molar-refractivity contribution in [2.24, 2.45) is 11.8 Å². The molecule has 0 spiro atoms.